The van der Waals surface area contributed by atoms with Crippen LogP contribution in [0.15, 0.2) is 174 Å². The third-order valence-electron chi connectivity index (χ3n) is 11.3. The molecule has 0 radical (unpaired) electrons. The second-order valence-corrected chi connectivity index (χ2v) is 14.0. The lowest BCUT2D eigenvalue weighted by Gasteiger charge is -2.15. The lowest BCUT2D eigenvalue weighted by atomic mass is 9.88. The molecule has 0 saturated heterocycles. The van der Waals surface area contributed by atoms with Gasteiger partial charge in [-0.25, -0.2) is 0 Å². The Labute approximate surface area is 292 Å². The van der Waals surface area contributed by atoms with Crippen LogP contribution in [0.3, 0.4) is 0 Å². The summed E-state index contributed by atoms with van der Waals surface area (Å²) in [5.74, 6) is 0. The van der Waals surface area contributed by atoms with Gasteiger partial charge in [-0.05, 0) is 128 Å². The molecular weight excluding hydrogens is 617 g/mol. The fourth-order valence-electron chi connectivity index (χ4n) is 8.96. The molecular formula is C50H28O. The highest BCUT2D eigenvalue weighted by Crippen LogP contribution is 2.45. The number of hydrogen-bond donors (Lipinski definition) is 0. The summed E-state index contributed by atoms with van der Waals surface area (Å²) in [6, 6.07) is 62.7. The average molecular weight is 645 g/mol. The van der Waals surface area contributed by atoms with Gasteiger partial charge >= 0.3 is 0 Å². The van der Waals surface area contributed by atoms with Crippen molar-refractivity contribution in [1.82, 2.24) is 0 Å². The fourth-order valence-corrected chi connectivity index (χ4v) is 8.96. The van der Waals surface area contributed by atoms with Crippen LogP contribution < -0.4 is 0 Å². The molecule has 0 saturated carbocycles. The number of benzene rings is 11. The van der Waals surface area contributed by atoms with Crippen molar-refractivity contribution in [2.24, 2.45) is 0 Å². The highest BCUT2D eigenvalue weighted by atomic mass is 16.3. The van der Waals surface area contributed by atoms with E-state index in [9.17, 15) is 0 Å². The molecule has 12 aromatic rings. The van der Waals surface area contributed by atoms with Gasteiger partial charge in [-0.15, -0.1) is 0 Å². The first-order valence-corrected chi connectivity index (χ1v) is 17.7. The predicted octanol–water partition coefficient (Wildman–Crippen LogP) is 14.4. The molecule has 0 N–H and O–H groups in total. The molecule has 0 aliphatic rings. The van der Waals surface area contributed by atoms with Crippen LogP contribution in [-0.4, -0.2) is 0 Å². The molecule has 0 atom stereocenters. The minimum atomic E-state index is 0.906. The number of rotatable bonds is 2. The molecule has 51 heavy (non-hydrogen) atoms. The first-order valence-electron chi connectivity index (χ1n) is 17.7. The van der Waals surface area contributed by atoms with E-state index in [-0.39, 0.29) is 0 Å². The second-order valence-electron chi connectivity index (χ2n) is 14.0. The van der Waals surface area contributed by atoms with Gasteiger partial charge in [0.1, 0.15) is 11.2 Å². The van der Waals surface area contributed by atoms with E-state index in [4.69, 9.17) is 4.42 Å². The molecule has 1 aromatic heterocycles. The summed E-state index contributed by atoms with van der Waals surface area (Å²) >= 11 is 0. The van der Waals surface area contributed by atoms with Crippen molar-refractivity contribution in [2.45, 2.75) is 0 Å². The van der Waals surface area contributed by atoms with Crippen LogP contribution in [0.4, 0.5) is 0 Å². The molecule has 0 unspecified atom stereocenters. The van der Waals surface area contributed by atoms with Crippen LogP contribution in [0.25, 0.3) is 120 Å². The van der Waals surface area contributed by atoms with Crippen molar-refractivity contribution in [1.29, 1.82) is 0 Å². The SMILES string of the molecule is c1ccc2cc3c(cc2c1)oc1cc(-c2ccc4ccc5cccc6ccc2c4c56)cc(-c2ccc4c(ccc5ccc6ccccc6c54)c2)c13. The minimum Gasteiger partial charge on any atom is -0.456 e. The quantitative estimate of drug-likeness (QED) is 0.171. The Bertz CT molecular complexity index is 3400. The van der Waals surface area contributed by atoms with Gasteiger partial charge in [0.2, 0.25) is 0 Å². The van der Waals surface area contributed by atoms with E-state index in [0.717, 1.165) is 27.5 Å². The zero-order valence-corrected chi connectivity index (χ0v) is 27.6. The highest BCUT2D eigenvalue weighted by Gasteiger charge is 2.19. The van der Waals surface area contributed by atoms with Crippen LogP contribution in [-0.2, 0) is 0 Å². The topological polar surface area (TPSA) is 13.1 Å². The summed E-state index contributed by atoms with van der Waals surface area (Å²) in [6.07, 6.45) is 0. The molecule has 0 aliphatic heterocycles. The summed E-state index contributed by atoms with van der Waals surface area (Å²) < 4.78 is 6.80. The van der Waals surface area contributed by atoms with Crippen LogP contribution in [0.1, 0.15) is 0 Å². The van der Waals surface area contributed by atoms with Gasteiger partial charge in [-0.3, -0.25) is 0 Å². The molecule has 0 bridgehead atoms. The number of hydrogen-bond acceptors (Lipinski definition) is 1. The first-order chi connectivity index (χ1) is 25.2. The molecule has 234 valence electrons. The van der Waals surface area contributed by atoms with Gasteiger partial charge in [0, 0.05) is 10.8 Å². The van der Waals surface area contributed by atoms with Crippen LogP contribution >= 0.6 is 0 Å². The van der Waals surface area contributed by atoms with Crippen LogP contribution in [0, 0.1) is 0 Å². The normalized spacial score (nSPS) is 12.3. The smallest absolute Gasteiger partial charge is 0.136 e. The molecule has 1 nitrogen and oxygen atoms in total. The van der Waals surface area contributed by atoms with E-state index >= 15 is 0 Å². The van der Waals surface area contributed by atoms with Crippen molar-refractivity contribution in [3.8, 4) is 22.3 Å². The lowest BCUT2D eigenvalue weighted by molar-refractivity contribution is 0.669. The van der Waals surface area contributed by atoms with Gasteiger partial charge in [0.05, 0.1) is 0 Å². The number of furan rings is 1. The molecule has 1 heteroatoms. The van der Waals surface area contributed by atoms with Crippen molar-refractivity contribution in [2.75, 3.05) is 0 Å². The molecule has 1 heterocycles. The van der Waals surface area contributed by atoms with Crippen LogP contribution in [0.2, 0.25) is 0 Å². The Balaban J connectivity index is 1.17. The largest absolute Gasteiger partial charge is 0.456 e. The van der Waals surface area contributed by atoms with Gasteiger partial charge in [0.15, 0.2) is 0 Å². The average Bonchev–Trinajstić information content (AvgIpc) is 3.55. The summed E-state index contributed by atoms with van der Waals surface area (Å²) in [5, 5.41) is 20.1. The van der Waals surface area contributed by atoms with Crippen molar-refractivity contribution < 1.29 is 4.42 Å². The zero-order chi connectivity index (χ0) is 33.2. The summed E-state index contributed by atoms with van der Waals surface area (Å²) in [6.45, 7) is 0. The predicted molar refractivity (Wildman–Crippen MR) is 218 cm³/mol. The highest BCUT2D eigenvalue weighted by molar-refractivity contribution is 6.26. The third kappa shape index (κ3) is 3.81. The standard InChI is InChI=1S/C50H28O/c1-2-8-35-27-45-44(25-34(35)7-1)50-43(37-20-22-41-36(24-37)17-16-32-13-12-29-6-3-4-11-40(29)48(32)41)26-38(28-46(50)51-45)39-21-18-33-15-14-30-9-5-10-31-19-23-42(39)49(33)47(30)31/h1-28H. The van der Waals surface area contributed by atoms with Gasteiger partial charge in [0.25, 0.3) is 0 Å². The second kappa shape index (κ2) is 9.94. The summed E-state index contributed by atoms with van der Waals surface area (Å²) in [5.41, 5.74) is 6.56. The minimum absolute atomic E-state index is 0.906. The monoisotopic (exact) mass is 644 g/mol. The van der Waals surface area contributed by atoms with Gasteiger partial charge in [-0.1, -0.05) is 140 Å². The van der Waals surface area contributed by atoms with E-state index in [1.54, 1.807) is 0 Å². The van der Waals surface area contributed by atoms with Crippen LogP contribution in [0.5, 0.6) is 0 Å². The zero-order valence-electron chi connectivity index (χ0n) is 27.6. The van der Waals surface area contributed by atoms with Gasteiger partial charge in [-0.2, -0.15) is 0 Å². The molecule has 11 aromatic carbocycles. The molecule has 0 fully saturated rings. The Kier molecular flexibility index (Phi) is 5.29. The molecule has 12 rings (SSSR count). The lowest BCUT2D eigenvalue weighted by Crippen LogP contribution is -1.89. The number of fused-ring (bicyclic) bond motifs is 9. The van der Waals surface area contributed by atoms with Crippen molar-refractivity contribution >= 4 is 97.3 Å². The van der Waals surface area contributed by atoms with E-state index in [1.807, 2.05) is 0 Å². The maximum Gasteiger partial charge on any atom is 0.136 e. The molecule has 0 aliphatic carbocycles. The fraction of sp³-hybridized carbons (Fsp3) is 0. The molecule has 0 spiro atoms. The van der Waals surface area contributed by atoms with Gasteiger partial charge < -0.3 is 4.42 Å². The summed E-state index contributed by atoms with van der Waals surface area (Å²) in [4.78, 5) is 0. The Morgan fingerprint density at radius 3 is 1.71 bits per heavy atom. The first kappa shape index (κ1) is 27.2. The maximum absolute atomic E-state index is 6.80. The third-order valence-corrected chi connectivity index (χ3v) is 11.3. The van der Waals surface area contributed by atoms with Crippen molar-refractivity contribution in [3.63, 3.8) is 0 Å². The van der Waals surface area contributed by atoms with E-state index < -0.39 is 0 Å². The Hall–Kier alpha value is -6.70. The summed E-state index contributed by atoms with van der Waals surface area (Å²) in [7, 11) is 0. The van der Waals surface area contributed by atoms with E-state index in [1.165, 1.54) is 92.1 Å². The van der Waals surface area contributed by atoms with Crippen molar-refractivity contribution in [3.05, 3.63) is 170 Å². The van der Waals surface area contributed by atoms with E-state index in [0.29, 0.717) is 0 Å². The van der Waals surface area contributed by atoms with E-state index in [2.05, 4.69) is 170 Å². The Morgan fingerprint density at radius 1 is 0.255 bits per heavy atom. The molecule has 0 amide bonds. The Morgan fingerprint density at radius 2 is 0.863 bits per heavy atom. The maximum atomic E-state index is 6.80.